The van der Waals surface area contributed by atoms with Crippen molar-refractivity contribution < 1.29 is 19.2 Å². The predicted octanol–water partition coefficient (Wildman–Crippen LogP) is 2.09. The molecule has 0 unspecified atom stereocenters. The van der Waals surface area contributed by atoms with Crippen molar-refractivity contribution in [1.82, 2.24) is 5.43 Å². The second-order valence-electron chi connectivity index (χ2n) is 4.59. The van der Waals surface area contributed by atoms with Crippen LogP contribution in [0.3, 0.4) is 0 Å². The first-order valence-corrected chi connectivity index (χ1v) is 6.61. The Hall–Kier alpha value is -3.42. The third kappa shape index (κ3) is 3.10. The van der Waals surface area contributed by atoms with Gasteiger partial charge in [-0.1, -0.05) is 18.2 Å². The number of nitro groups is 1. The third-order valence-electron chi connectivity index (χ3n) is 3.12. The monoisotopic (exact) mass is 313 g/mol. The molecule has 0 radical (unpaired) electrons. The molecule has 0 spiro atoms. The highest BCUT2D eigenvalue weighted by atomic mass is 16.7. The molecule has 0 aliphatic carbocycles. The van der Waals surface area contributed by atoms with Gasteiger partial charge in [-0.05, 0) is 18.2 Å². The maximum absolute atomic E-state index is 11.8. The number of carbonyl (C=O) groups excluding carboxylic acids is 1. The second-order valence-corrected chi connectivity index (χ2v) is 4.59. The summed E-state index contributed by atoms with van der Waals surface area (Å²) >= 11 is 0. The van der Waals surface area contributed by atoms with Gasteiger partial charge in [-0.3, -0.25) is 14.9 Å². The van der Waals surface area contributed by atoms with E-state index in [1.54, 1.807) is 30.3 Å². The predicted molar refractivity (Wildman–Crippen MR) is 80.7 cm³/mol. The van der Waals surface area contributed by atoms with Crippen LogP contribution in [0.1, 0.15) is 15.9 Å². The van der Waals surface area contributed by atoms with Gasteiger partial charge in [0.2, 0.25) is 6.79 Å². The molecular formula is C15H11N3O5. The lowest BCUT2D eigenvalue weighted by Crippen LogP contribution is -2.17. The molecule has 1 aliphatic heterocycles. The molecule has 2 aromatic carbocycles. The molecule has 2 aromatic rings. The topological polar surface area (TPSA) is 103 Å². The van der Waals surface area contributed by atoms with E-state index in [1.807, 2.05) is 0 Å². The number of fused-ring (bicyclic) bond motifs is 1. The Morgan fingerprint density at radius 2 is 1.91 bits per heavy atom. The lowest BCUT2D eigenvalue weighted by Gasteiger charge is -2.01. The summed E-state index contributed by atoms with van der Waals surface area (Å²) in [4.78, 5) is 22.4. The molecule has 0 atom stereocenters. The Bertz CT molecular complexity index is 789. The Labute approximate surface area is 130 Å². The van der Waals surface area contributed by atoms with Crippen molar-refractivity contribution in [2.75, 3.05) is 6.79 Å². The largest absolute Gasteiger partial charge is 0.454 e. The molecule has 116 valence electrons. The molecule has 1 aliphatic rings. The number of hydrogen-bond acceptors (Lipinski definition) is 6. The highest BCUT2D eigenvalue weighted by Gasteiger charge is 2.22. The van der Waals surface area contributed by atoms with Crippen LogP contribution in [-0.4, -0.2) is 23.8 Å². The molecule has 0 saturated carbocycles. The highest BCUT2D eigenvalue weighted by Crippen LogP contribution is 2.37. The van der Waals surface area contributed by atoms with E-state index in [0.717, 1.165) is 0 Å². The molecule has 1 heterocycles. The average molecular weight is 313 g/mol. The van der Waals surface area contributed by atoms with E-state index in [2.05, 4.69) is 10.5 Å². The Morgan fingerprint density at radius 1 is 1.22 bits per heavy atom. The van der Waals surface area contributed by atoms with Gasteiger partial charge in [0.15, 0.2) is 11.5 Å². The van der Waals surface area contributed by atoms with Crippen LogP contribution in [0.2, 0.25) is 0 Å². The van der Waals surface area contributed by atoms with Gasteiger partial charge in [-0.2, -0.15) is 5.10 Å². The SMILES string of the molecule is O=C(N/N=C/c1cc2c(cc1[N+](=O)[O-])OCO2)c1ccccc1. The van der Waals surface area contributed by atoms with Gasteiger partial charge in [0, 0.05) is 5.56 Å². The van der Waals surface area contributed by atoms with E-state index in [-0.39, 0.29) is 18.0 Å². The number of rotatable bonds is 4. The Morgan fingerprint density at radius 3 is 2.61 bits per heavy atom. The molecule has 1 amide bonds. The van der Waals surface area contributed by atoms with Crippen LogP contribution < -0.4 is 14.9 Å². The summed E-state index contributed by atoms with van der Waals surface area (Å²) in [6.45, 7) is 0.0117. The van der Waals surface area contributed by atoms with E-state index >= 15 is 0 Å². The zero-order chi connectivity index (χ0) is 16.2. The van der Waals surface area contributed by atoms with Crippen LogP contribution in [-0.2, 0) is 0 Å². The minimum absolute atomic E-state index is 0.0117. The molecular weight excluding hydrogens is 302 g/mol. The number of carbonyl (C=O) groups is 1. The first-order chi connectivity index (χ1) is 11.1. The fraction of sp³-hybridized carbons (Fsp3) is 0.0667. The lowest BCUT2D eigenvalue weighted by molar-refractivity contribution is -0.385. The van der Waals surface area contributed by atoms with Gasteiger partial charge in [-0.15, -0.1) is 0 Å². The van der Waals surface area contributed by atoms with Crippen LogP contribution in [0.15, 0.2) is 47.6 Å². The third-order valence-corrected chi connectivity index (χ3v) is 3.12. The number of benzene rings is 2. The molecule has 23 heavy (non-hydrogen) atoms. The molecule has 3 rings (SSSR count). The zero-order valence-electron chi connectivity index (χ0n) is 11.8. The summed E-state index contributed by atoms with van der Waals surface area (Å²) in [7, 11) is 0. The number of hydrazone groups is 1. The molecule has 0 saturated heterocycles. The molecule has 1 N–H and O–H groups in total. The number of amides is 1. The highest BCUT2D eigenvalue weighted by molar-refractivity contribution is 5.95. The van der Waals surface area contributed by atoms with Gasteiger partial charge in [0.1, 0.15) is 0 Å². The second kappa shape index (κ2) is 6.14. The lowest BCUT2D eigenvalue weighted by atomic mass is 10.1. The fourth-order valence-corrected chi connectivity index (χ4v) is 2.02. The number of hydrogen-bond donors (Lipinski definition) is 1. The van der Waals surface area contributed by atoms with Gasteiger partial charge in [0.05, 0.1) is 22.8 Å². The van der Waals surface area contributed by atoms with E-state index < -0.39 is 10.8 Å². The average Bonchev–Trinajstić information content (AvgIpc) is 3.02. The smallest absolute Gasteiger partial charge is 0.282 e. The van der Waals surface area contributed by atoms with Gasteiger partial charge in [0.25, 0.3) is 11.6 Å². The molecule has 8 nitrogen and oxygen atoms in total. The fourth-order valence-electron chi connectivity index (χ4n) is 2.02. The van der Waals surface area contributed by atoms with Crippen LogP contribution in [0.25, 0.3) is 0 Å². The minimum atomic E-state index is -0.553. The van der Waals surface area contributed by atoms with Gasteiger partial charge >= 0.3 is 0 Å². The molecule has 0 fully saturated rings. The van der Waals surface area contributed by atoms with E-state index in [9.17, 15) is 14.9 Å². The number of nitrogens with one attached hydrogen (secondary N) is 1. The van der Waals surface area contributed by atoms with E-state index in [4.69, 9.17) is 9.47 Å². The van der Waals surface area contributed by atoms with Gasteiger partial charge in [-0.25, -0.2) is 5.43 Å². The van der Waals surface area contributed by atoms with Crippen molar-refractivity contribution in [3.63, 3.8) is 0 Å². The van der Waals surface area contributed by atoms with Crippen LogP contribution in [0, 0.1) is 10.1 Å². The Balaban J connectivity index is 1.79. The van der Waals surface area contributed by atoms with Crippen molar-refractivity contribution in [3.05, 3.63) is 63.7 Å². The standard InChI is InChI=1S/C15H11N3O5/c19-15(10-4-2-1-3-5-10)17-16-8-11-6-13-14(23-9-22-13)7-12(11)18(20)21/h1-8H,9H2,(H,17,19)/b16-8+. The summed E-state index contributed by atoms with van der Waals surface area (Å²) in [6.07, 6.45) is 1.20. The van der Waals surface area contributed by atoms with Crippen LogP contribution in [0.4, 0.5) is 5.69 Å². The molecule has 0 aromatic heterocycles. The first-order valence-electron chi connectivity index (χ1n) is 6.61. The summed E-state index contributed by atoms with van der Waals surface area (Å²) in [5.41, 5.74) is 2.77. The summed E-state index contributed by atoms with van der Waals surface area (Å²) in [6, 6.07) is 11.2. The zero-order valence-corrected chi connectivity index (χ0v) is 11.8. The van der Waals surface area contributed by atoms with E-state index in [1.165, 1.54) is 18.3 Å². The Kier molecular flexibility index (Phi) is 3.88. The summed E-state index contributed by atoms with van der Waals surface area (Å²) in [5.74, 6) is 0.291. The quantitative estimate of drug-likeness (QED) is 0.529. The number of nitrogens with zero attached hydrogens (tertiary/aromatic N) is 2. The van der Waals surface area contributed by atoms with Crippen molar-refractivity contribution in [3.8, 4) is 11.5 Å². The normalized spacial score (nSPS) is 12.3. The maximum Gasteiger partial charge on any atom is 0.282 e. The van der Waals surface area contributed by atoms with Crippen LogP contribution in [0.5, 0.6) is 11.5 Å². The first kappa shape index (κ1) is 14.5. The van der Waals surface area contributed by atoms with E-state index in [0.29, 0.717) is 17.1 Å². The van der Waals surface area contributed by atoms with Crippen molar-refractivity contribution in [2.45, 2.75) is 0 Å². The van der Waals surface area contributed by atoms with Crippen molar-refractivity contribution in [1.29, 1.82) is 0 Å². The molecule has 8 heteroatoms. The van der Waals surface area contributed by atoms with Gasteiger partial charge < -0.3 is 9.47 Å². The maximum atomic E-state index is 11.8. The summed E-state index contributed by atoms with van der Waals surface area (Å²) < 4.78 is 10.3. The van der Waals surface area contributed by atoms with Crippen LogP contribution >= 0.6 is 0 Å². The molecule has 0 bridgehead atoms. The minimum Gasteiger partial charge on any atom is -0.454 e. The number of ether oxygens (including phenoxy) is 2. The van der Waals surface area contributed by atoms with Crippen molar-refractivity contribution in [2.24, 2.45) is 5.10 Å². The van der Waals surface area contributed by atoms with Crippen molar-refractivity contribution >= 4 is 17.8 Å². The summed E-state index contributed by atoms with van der Waals surface area (Å²) in [5, 5.41) is 14.9. The number of nitro benzene ring substituents is 1.